The minimum Gasteiger partial charge on any atom is -0.506 e. The van der Waals surface area contributed by atoms with E-state index < -0.39 is 11.7 Å². The number of aromatic hydroxyl groups is 1. The highest BCUT2D eigenvalue weighted by molar-refractivity contribution is 9.10. The number of furan rings is 1. The van der Waals surface area contributed by atoms with Crippen molar-refractivity contribution in [2.45, 2.75) is 6.92 Å². The lowest BCUT2D eigenvalue weighted by Gasteiger charge is -2.06. The van der Waals surface area contributed by atoms with E-state index in [2.05, 4.69) is 21.2 Å². The van der Waals surface area contributed by atoms with Gasteiger partial charge in [0, 0.05) is 15.4 Å². The fourth-order valence-electron chi connectivity index (χ4n) is 2.22. The Balaban J connectivity index is 1.99. The number of phenols is 1. The average molecular weight is 364 g/mol. The molecular weight excluding hydrogens is 353 g/mol. The van der Waals surface area contributed by atoms with Gasteiger partial charge in [-0.1, -0.05) is 28.1 Å². The number of benzene rings is 2. The first-order valence-corrected chi connectivity index (χ1v) is 7.24. The van der Waals surface area contributed by atoms with Crippen LogP contribution in [-0.4, -0.2) is 11.0 Å². The van der Waals surface area contributed by atoms with Crippen LogP contribution in [0.2, 0.25) is 0 Å². The zero-order chi connectivity index (χ0) is 15.9. The first kappa shape index (κ1) is 14.6. The Morgan fingerprint density at radius 3 is 2.77 bits per heavy atom. The molecular formula is C16H11BrFNO3. The van der Waals surface area contributed by atoms with Crippen LogP contribution in [0.15, 0.2) is 45.3 Å². The summed E-state index contributed by atoms with van der Waals surface area (Å²) < 4.78 is 19.7. The number of fused-ring (bicyclic) bond motifs is 1. The van der Waals surface area contributed by atoms with E-state index in [0.29, 0.717) is 15.4 Å². The highest BCUT2D eigenvalue weighted by atomic mass is 79.9. The third kappa shape index (κ3) is 2.46. The molecule has 0 atom stereocenters. The number of hydrogen-bond acceptors (Lipinski definition) is 3. The topological polar surface area (TPSA) is 62.5 Å². The molecule has 2 N–H and O–H groups in total. The molecule has 0 saturated carbocycles. The van der Waals surface area contributed by atoms with E-state index in [9.17, 15) is 14.3 Å². The number of para-hydroxylation sites is 1. The molecule has 0 bridgehead atoms. The number of carbonyl (C=O) groups excluding carboxylic acids is 1. The fraction of sp³-hybridized carbons (Fsp3) is 0.0625. The maximum Gasteiger partial charge on any atom is 0.291 e. The highest BCUT2D eigenvalue weighted by Gasteiger charge is 2.20. The Bertz CT molecular complexity index is 888. The van der Waals surface area contributed by atoms with Crippen LogP contribution in [0.4, 0.5) is 10.1 Å². The highest BCUT2D eigenvalue weighted by Crippen LogP contribution is 2.30. The third-order valence-electron chi connectivity index (χ3n) is 3.33. The van der Waals surface area contributed by atoms with E-state index in [-0.39, 0.29) is 22.8 Å². The number of rotatable bonds is 2. The summed E-state index contributed by atoms with van der Waals surface area (Å²) in [5.41, 5.74) is 0.835. The molecule has 0 aliphatic rings. The average Bonchev–Trinajstić information content (AvgIpc) is 2.81. The van der Waals surface area contributed by atoms with E-state index in [1.807, 2.05) is 0 Å². The SMILES string of the molecule is Cc1c(C(=O)Nc2ccc(Br)cc2O)oc2c(F)cccc12. The summed E-state index contributed by atoms with van der Waals surface area (Å²) in [5.74, 6) is -1.14. The predicted octanol–water partition coefficient (Wildman–Crippen LogP) is 4.60. The molecule has 2 aromatic carbocycles. The molecule has 0 radical (unpaired) electrons. The van der Waals surface area contributed by atoms with Gasteiger partial charge in [0.2, 0.25) is 0 Å². The second kappa shape index (κ2) is 5.46. The van der Waals surface area contributed by atoms with Crippen molar-refractivity contribution >= 4 is 38.5 Å². The molecule has 0 aliphatic carbocycles. The quantitative estimate of drug-likeness (QED) is 0.654. The number of nitrogens with one attached hydrogen (secondary N) is 1. The normalized spacial score (nSPS) is 10.9. The van der Waals surface area contributed by atoms with E-state index in [0.717, 1.165) is 0 Å². The molecule has 1 amide bonds. The monoisotopic (exact) mass is 363 g/mol. The summed E-state index contributed by atoms with van der Waals surface area (Å²) in [7, 11) is 0. The van der Waals surface area contributed by atoms with Gasteiger partial charge in [-0.3, -0.25) is 4.79 Å². The molecule has 112 valence electrons. The van der Waals surface area contributed by atoms with Gasteiger partial charge in [-0.2, -0.15) is 0 Å². The number of carbonyl (C=O) groups is 1. The molecule has 1 aromatic heterocycles. The molecule has 0 fully saturated rings. The molecule has 0 unspecified atom stereocenters. The van der Waals surface area contributed by atoms with Crippen molar-refractivity contribution in [3.05, 3.63) is 58.0 Å². The van der Waals surface area contributed by atoms with Gasteiger partial charge in [0.05, 0.1) is 5.69 Å². The largest absolute Gasteiger partial charge is 0.506 e. The van der Waals surface area contributed by atoms with Crippen molar-refractivity contribution in [1.29, 1.82) is 0 Å². The fourth-order valence-corrected chi connectivity index (χ4v) is 2.56. The minimum atomic E-state index is -0.550. The van der Waals surface area contributed by atoms with Gasteiger partial charge in [0.25, 0.3) is 5.91 Å². The van der Waals surface area contributed by atoms with Gasteiger partial charge in [0.1, 0.15) is 5.75 Å². The number of aryl methyl sites for hydroxylation is 1. The minimum absolute atomic E-state index is 0.0161. The van der Waals surface area contributed by atoms with Crippen molar-refractivity contribution in [2.75, 3.05) is 5.32 Å². The second-order valence-corrected chi connectivity index (χ2v) is 5.70. The molecule has 0 aliphatic heterocycles. The van der Waals surface area contributed by atoms with Crippen LogP contribution in [0.5, 0.6) is 5.75 Å². The summed E-state index contributed by atoms with van der Waals surface area (Å²) in [6.45, 7) is 1.68. The van der Waals surface area contributed by atoms with Crippen LogP contribution in [0.3, 0.4) is 0 Å². The first-order valence-electron chi connectivity index (χ1n) is 6.45. The predicted molar refractivity (Wildman–Crippen MR) is 84.7 cm³/mol. The number of anilines is 1. The third-order valence-corrected chi connectivity index (χ3v) is 3.82. The Hall–Kier alpha value is -2.34. The molecule has 22 heavy (non-hydrogen) atoms. The van der Waals surface area contributed by atoms with Gasteiger partial charge in [-0.25, -0.2) is 4.39 Å². The van der Waals surface area contributed by atoms with Gasteiger partial charge >= 0.3 is 0 Å². The van der Waals surface area contributed by atoms with Crippen LogP contribution >= 0.6 is 15.9 Å². The Labute approximate surface area is 133 Å². The lowest BCUT2D eigenvalue weighted by molar-refractivity contribution is 0.0997. The number of hydrogen-bond donors (Lipinski definition) is 2. The maximum atomic E-state index is 13.7. The number of phenolic OH excluding ortho intramolecular Hbond substituents is 1. The zero-order valence-corrected chi connectivity index (χ0v) is 13.1. The second-order valence-electron chi connectivity index (χ2n) is 4.79. The Morgan fingerprint density at radius 2 is 2.09 bits per heavy atom. The summed E-state index contributed by atoms with van der Waals surface area (Å²) in [5, 5.41) is 12.9. The molecule has 4 nitrogen and oxygen atoms in total. The lowest BCUT2D eigenvalue weighted by atomic mass is 10.1. The Morgan fingerprint density at radius 1 is 1.32 bits per heavy atom. The molecule has 0 spiro atoms. The maximum absolute atomic E-state index is 13.7. The van der Waals surface area contributed by atoms with Crippen molar-refractivity contribution in [1.82, 2.24) is 0 Å². The zero-order valence-electron chi connectivity index (χ0n) is 11.5. The van der Waals surface area contributed by atoms with Gasteiger partial charge in [0.15, 0.2) is 17.2 Å². The van der Waals surface area contributed by atoms with Crippen molar-refractivity contribution < 1.29 is 18.7 Å². The van der Waals surface area contributed by atoms with Crippen LogP contribution < -0.4 is 5.32 Å². The Kier molecular flexibility index (Phi) is 3.62. The molecule has 3 rings (SSSR count). The van der Waals surface area contributed by atoms with Gasteiger partial charge in [-0.05, 0) is 31.2 Å². The van der Waals surface area contributed by atoms with Gasteiger partial charge in [-0.15, -0.1) is 0 Å². The number of amides is 1. The van der Waals surface area contributed by atoms with E-state index in [4.69, 9.17) is 4.42 Å². The first-order chi connectivity index (χ1) is 10.5. The lowest BCUT2D eigenvalue weighted by Crippen LogP contribution is -2.12. The number of halogens is 2. The van der Waals surface area contributed by atoms with Crippen LogP contribution in [0.1, 0.15) is 16.1 Å². The van der Waals surface area contributed by atoms with Crippen LogP contribution in [-0.2, 0) is 0 Å². The van der Waals surface area contributed by atoms with E-state index in [1.165, 1.54) is 12.1 Å². The summed E-state index contributed by atoms with van der Waals surface area (Å²) in [6.07, 6.45) is 0. The van der Waals surface area contributed by atoms with Crippen LogP contribution in [0, 0.1) is 12.7 Å². The molecule has 0 saturated heterocycles. The van der Waals surface area contributed by atoms with Crippen molar-refractivity contribution in [2.24, 2.45) is 0 Å². The van der Waals surface area contributed by atoms with Crippen molar-refractivity contribution in [3.8, 4) is 5.75 Å². The molecule has 6 heteroatoms. The van der Waals surface area contributed by atoms with Crippen LogP contribution in [0.25, 0.3) is 11.0 Å². The smallest absolute Gasteiger partial charge is 0.291 e. The summed E-state index contributed by atoms with van der Waals surface area (Å²) in [6, 6.07) is 9.21. The molecule has 1 heterocycles. The van der Waals surface area contributed by atoms with E-state index in [1.54, 1.807) is 31.2 Å². The van der Waals surface area contributed by atoms with Gasteiger partial charge < -0.3 is 14.8 Å². The van der Waals surface area contributed by atoms with E-state index >= 15 is 0 Å². The summed E-state index contributed by atoms with van der Waals surface area (Å²) in [4.78, 5) is 12.3. The summed E-state index contributed by atoms with van der Waals surface area (Å²) >= 11 is 3.22. The standard InChI is InChI=1S/C16H11BrFNO3/c1-8-10-3-2-4-11(18)15(10)22-14(8)16(21)19-12-6-5-9(17)7-13(12)20/h2-7,20H,1H3,(H,19,21). The van der Waals surface area contributed by atoms with Crippen molar-refractivity contribution in [3.63, 3.8) is 0 Å². The molecule has 3 aromatic rings.